The number of aliphatic hydroxyl groups is 1. The number of carbonyl (C=O) groups is 3. The Balaban J connectivity index is 1.63. The van der Waals surface area contributed by atoms with Crippen LogP contribution in [-0.2, 0) is 16.0 Å². The van der Waals surface area contributed by atoms with E-state index in [0.717, 1.165) is 0 Å². The Bertz CT molecular complexity index is 1310. The van der Waals surface area contributed by atoms with E-state index in [9.17, 15) is 19.5 Å². The lowest BCUT2D eigenvalue weighted by atomic mass is 9.96. The smallest absolute Gasteiger partial charge is 0.254 e. The zero-order chi connectivity index (χ0) is 29.4. The summed E-state index contributed by atoms with van der Waals surface area (Å²) in [6, 6.07) is 8.00. The van der Waals surface area contributed by atoms with Crippen molar-refractivity contribution in [3.8, 4) is 11.5 Å². The number of nitrogens with zero attached hydrogens (tertiary/aromatic N) is 1. The average molecular weight is 591 g/mol. The molecule has 0 radical (unpaired) electrons. The molecule has 2 aliphatic heterocycles. The summed E-state index contributed by atoms with van der Waals surface area (Å²) >= 11 is 7.72. The van der Waals surface area contributed by atoms with E-state index in [1.54, 1.807) is 30.3 Å². The number of nitrogens with two attached hydrogens (primary N) is 1. The molecule has 5 N–H and O–H groups in total. The predicted molar refractivity (Wildman–Crippen MR) is 154 cm³/mol. The molecule has 2 heterocycles. The van der Waals surface area contributed by atoms with Gasteiger partial charge in [0.05, 0.1) is 28.2 Å². The fourth-order valence-corrected chi connectivity index (χ4v) is 6.08. The second kappa shape index (κ2) is 11.4. The van der Waals surface area contributed by atoms with E-state index in [0.29, 0.717) is 17.1 Å². The molecule has 216 valence electrons. The Morgan fingerprint density at radius 2 is 1.90 bits per heavy atom. The minimum atomic E-state index is -1.67. The number of carbonyl (C=O) groups excluding carboxylic acids is 3. The number of nitrogens with one attached hydrogen (secondary N) is 2. The fourth-order valence-electron chi connectivity index (χ4n) is 4.73. The van der Waals surface area contributed by atoms with Crippen molar-refractivity contribution in [1.29, 1.82) is 0 Å². The van der Waals surface area contributed by atoms with Gasteiger partial charge in [0.1, 0.15) is 6.04 Å². The van der Waals surface area contributed by atoms with Gasteiger partial charge >= 0.3 is 0 Å². The van der Waals surface area contributed by atoms with Crippen molar-refractivity contribution in [3.05, 3.63) is 52.5 Å². The first-order chi connectivity index (χ1) is 18.7. The highest BCUT2D eigenvalue weighted by atomic mass is 35.5. The van der Waals surface area contributed by atoms with Gasteiger partial charge in [-0.1, -0.05) is 23.7 Å². The molecule has 0 aromatic heterocycles. The first-order valence-electron chi connectivity index (χ1n) is 12.9. The van der Waals surface area contributed by atoms with Gasteiger partial charge in [0.25, 0.3) is 11.8 Å². The molecular formula is C28H35ClN4O6S. The number of halogens is 1. The second-order valence-corrected chi connectivity index (χ2v) is 13.4. The third-order valence-corrected chi connectivity index (χ3v) is 8.49. The summed E-state index contributed by atoms with van der Waals surface area (Å²) in [5, 5.41) is 17.2. The van der Waals surface area contributed by atoms with Crippen LogP contribution in [0.3, 0.4) is 0 Å². The normalized spacial score (nSPS) is 19.2. The zero-order valence-electron chi connectivity index (χ0n) is 23.1. The van der Waals surface area contributed by atoms with E-state index in [2.05, 4.69) is 10.6 Å². The Morgan fingerprint density at radius 1 is 1.20 bits per heavy atom. The van der Waals surface area contributed by atoms with Gasteiger partial charge in [-0.15, -0.1) is 11.8 Å². The summed E-state index contributed by atoms with van der Waals surface area (Å²) in [4.78, 5) is 41.8. The van der Waals surface area contributed by atoms with Gasteiger partial charge in [-0.05, 0) is 70.9 Å². The van der Waals surface area contributed by atoms with E-state index in [4.69, 9.17) is 26.8 Å². The molecule has 2 aromatic carbocycles. The molecule has 0 saturated carbocycles. The standard InChI is InChI=1S/C28H35ClN4O6S/c1-27(2,3)32-25(36)23-28(4,5)40-13-33(23)26(37)22(34)18(11-15-9-10-19-20(12-15)39-14-38-19)31-24(35)16-7-6-8-17(30)21(16)29/h6-10,12,18,22-23,34H,11,13-14,30H2,1-5H3,(H,31,35)(H,32,36)/t18-,22-,23+/m0/s1. The maximum atomic E-state index is 13.8. The van der Waals surface area contributed by atoms with Crippen LogP contribution in [0.15, 0.2) is 36.4 Å². The Morgan fingerprint density at radius 3 is 2.60 bits per heavy atom. The Labute approximate surface area is 242 Å². The van der Waals surface area contributed by atoms with Gasteiger partial charge in [0.2, 0.25) is 12.7 Å². The Hall–Kier alpha value is -3.15. The number of anilines is 1. The van der Waals surface area contributed by atoms with Crippen molar-refractivity contribution in [2.75, 3.05) is 18.4 Å². The van der Waals surface area contributed by atoms with Crippen molar-refractivity contribution in [2.24, 2.45) is 0 Å². The molecular weight excluding hydrogens is 556 g/mol. The number of ether oxygens (including phenoxy) is 2. The predicted octanol–water partition coefficient (Wildman–Crippen LogP) is 2.95. The quantitative estimate of drug-likeness (QED) is 0.361. The van der Waals surface area contributed by atoms with Crippen LogP contribution in [0.4, 0.5) is 5.69 Å². The van der Waals surface area contributed by atoms with Crippen molar-refractivity contribution >= 4 is 46.8 Å². The van der Waals surface area contributed by atoms with Crippen LogP contribution >= 0.6 is 23.4 Å². The first kappa shape index (κ1) is 29.8. The fraction of sp³-hybridized carbons (Fsp3) is 0.464. The largest absolute Gasteiger partial charge is 0.454 e. The summed E-state index contributed by atoms with van der Waals surface area (Å²) in [6.45, 7) is 9.45. The maximum absolute atomic E-state index is 13.8. The van der Waals surface area contributed by atoms with E-state index in [1.165, 1.54) is 22.7 Å². The van der Waals surface area contributed by atoms with E-state index >= 15 is 0 Å². The lowest BCUT2D eigenvalue weighted by molar-refractivity contribution is -0.147. The van der Waals surface area contributed by atoms with Gasteiger partial charge < -0.3 is 35.8 Å². The van der Waals surface area contributed by atoms with Crippen molar-refractivity contribution in [3.63, 3.8) is 0 Å². The van der Waals surface area contributed by atoms with Crippen LogP contribution in [0.2, 0.25) is 5.02 Å². The van der Waals surface area contributed by atoms with Crippen LogP contribution in [-0.4, -0.2) is 68.9 Å². The number of amides is 3. The number of hydrogen-bond donors (Lipinski definition) is 4. The molecule has 2 aromatic rings. The van der Waals surface area contributed by atoms with Crippen LogP contribution < -0.4 is 25.8 Å². The molecule has 0 bridgehead atoms. The highest BCUT2D eigenvalue weighted by Gasteiger charge is 2.50. The number of thioether (sulfide) groups is 1. The molecule has 1 fully saturated rings. The van der Waals surface area contributed by atoms with Crippen LogP contribution in [0.25, 0.3) is 0 Å². The highest BCUT2D eigenvalue weighted by molar-refractivity contribution is 8.00. The lowest BCUT2D eigenvalue weighted by Gasteiger charge is -2.35. The molecule has 3 amide bonds. The van der Waals surface area contributed by atoms with Gasteiger partial charge in [-0.2, -0.15) is 0 Å². The zero-order valence-corrected chi connectivity index (χ0v) is 24.7. The molecule has 12 heteroatoms. The number of nitrogen functional groups attached to an aromatic ring is 1. The third-order valence-electron chi connectivity index (χ3n) is 6.69. The molecule has 40 heavy (non-hydrogen) atoms. The maximum Gasteiger partial charge on any atom is 0.254 e. The molecule has 3 atom stereocenters. The number of rotatable bonds is 7. The van der Waals surface area contributed by atoms with Crippen LogP contribution in [0.1, 0.15) is 50.5 Å². The van der Waals surface area contributed by atoms with Gasteiger partial charge in [0.15, 0.2) is 17.6 Å². The summed E-state index contributed by atoms with van der Waals surface area (Å²) < 4.78 is 10.2. The Kier molecular flexibility index (Phi) is 8.49. The highest BCUT2D eigenvalue weighted by Crippen LogP contribution is 2.40. The third kappa shape index (κ3) is 6.42. The lowest BCUT2D eigenvalue weighted by Crippen LogP contribution is -2.60. The number of fused-ring (bicyclic) bond motifs is 1. The van der Waals surface area contributed by atoms with Gasteiger partial charge in [-0.3, -0.25) is 14.4 Å². The van der Waals surface area contributed by atoms with Gasteiger partial charge in [-0.25, -0.2) is 0 Å². The molecule has 0 aliphatic carbocycles. The summed E-state index contributed by atoms with van der Waals surface area (Å²) in [5.41, 5.74) is 6.39. The topological polar surface area (TPSA) is 143 Å². The molecule has 10 nitrogen and oxygen atoms in total. The van der Waals surface area contributed by atoms with Crippen molar-refractivity contribution in [2.45, 2.75) is 69.5 Å². The average Bonchev–Trinajstić information content (AvgIpc) is 3.46. The summed E-state index contributed by atoms with van der Waals surface area (Å²) in [5.74, 6) is -0.275. The number of aliphatic hydroxyl groups excluding tert-OH is 1. The minimum Gasteiger partial charge on any atom is -0.454 e. The second-order valence-electron chi connectivity index (χ2n) is 11.5. The monoisotopic (exact) mass is 590 g/mol. The first-order valence-corrected chi connectivity index (χ1v) is 14.2. The van der Waals surface area contributed by atoms with Crippen molar-refractivity contribution in [1.82, 2.24) is 15.5 Å². The van der Waals surface area contributed by atoms with Gasteiger partial charge in [0, 0.05) is 10.3 Å². The molecule has 2 aliphatic rings. The van der Waals surface area contributed by atoms with E-state index in [-0.39, 0.29) is 41.3 Å². The molecule has 1 saturated heterocycles. The molecule has 0 unspecified atom stereocenters. The molecule has 4 rings (SSSR count). The summed E-state index contributed by atoms with van der Waals surface area (Å²) in [7, 11) is 0. The molecule has 0 spiro atoms. The van der Waals surface area contributed by atoms with E-state index < -0.39 is 40.3 Å². The van der Waals surface area contributed by atoms with Crippen molar-refractivity contribution < 1.29 is 29.0 Å². The number of hydrogen-bond acceptors (Lipinski definition) is 8. The number of benzene rings is 2. The minimum absolute atomic E-state index is 0.0688. The van der Waals surface area contributed by atoms with Crippen LogP contribution in [0, 0.1) is 0 Å². The summed E-state index contributed by atoms with van der Waals surface area (Å²) in [6.07, 6.45) is -1.59. The van der Waals surface area contributed by atoms with Crippen LogP contribution in [0.5, 0.6) is 11.5 Å². The SMILES string of the molecule is CC(C)(C)NC(=O)[C@H]1N(C(=O)[C@@H](O)[C@H](Cc2ccc3c(c2)OCO3)NC(=O)c2cccc(N)c2Cl)CSC1(C)C. The van der Waals surface area contributed by atoms with E-state index in [1.807, 2.05) is 34.6 Å².